The number of benzene rings is 1. The van der Waals surface area contributed by atoms with Crippen LogP contribution < -0.4 is 15.8 Å². The van der Waals surface area contributed by atoms with E-state index in [0.717, 1.165) is 56.1 Å². The van der Waals surface area contributed by atoms with Crippen molar-refractivity contribution in [3.63, 3.8) is 0 Å². The number of nitrogens with two attached hydrogens (primary N) is 1. The first-order valence-corrected chi connectivity index (χ1v) is 12.0. The van der Waals surface area contributed by atoms with Crippen LogP contribution >= 0.6 is 11.3 Å². The standard InChI is InChI=1S/C24H29N7O2S/c1-14-7-15-9-20(34-22(15)19(8-14)33-4)17-10-16(31-21(17)23(25)27-13-28-31)11-30-6-5-26-18(12-30)24(32)29(2)3/h7-10,13,18,26H,5-6,11-12H2,1-4H3,(H2,25,27,28). The molecular formula is C24H29N7O2S. The SMILES string of the molecule is COc1cc(C)cc2cc(-c3cc(CN4CCNC(C(=O)N(C)C)C4)n4ncnc(N)c34)sc12. The fraction of sp³-hybridized carbons (Fsp3) is 0.375. The van der Waals surface area contributed by atoms with Gasteiger partial charge in [0.1, 0.15) is 17.6 Å². The number of methoxy groups -OCH3 is 1. The summed E-state index contributed by atoms with van der Waals surface area (Å²) in [5.41, 5.74) is 10.3. The normalized spacial score (nSPS) is 16.9. The Labute approximate surface area is 202 Å². The van der Waals surface area contributed by atoms with Gasteiger partial charge in [-0.2, -0.15) is 5.10 Å². The van der Waals surface area contributed by atoms with Crippen LogP contribution in [-0.2, 0) is 11.3 Å². The third-order valence-corrected chi connectivity index (χ3v) is 7.45. The molecule has 5 rings (SSSR count). The molecule has 34 heavy (non-hydrogen) atoms. The molecule has 0 aliphatic carbocycles. The second-order valence-electron chi connectivity index (χ2n) is 8.93. The molecule has 4 aromatic rings. The highest BCUT2D eigenvalue weighted by Gasteiger charge is 2.27. The first kappa shape index (κ1) is 22.6. The van der Waals surface area contributed by atoms with E-state index in [1.165, 1.54) is 6.33 Å². The zero-order valence-corrected chi connectivity index (χ0v) is 20.6. The lowest BCUT2D eigenvalue weighted by molar-refractivity contribution is -0.132. The molecule has 0 bridgehead atoms. The van der Waals surface area contributed by atoms with Crippen LogP contribution in [-0.4, -0.2) is 77.2 Å². The molecule has 9 nitrogen and oxygen atoms in total. The van der Waals surface area contributed by atoms with Crippen molar-refractivity contribution in [2.45, 2.75) is 19.5 Å². The fourth-order valence-electron chi connectivity index (χ4n) is 4.64. The van der Waals surface area contributed by atoms with Crippen molar-refractivity contribution in [3.8, 4) is 16.2 Å². The Morgan fingerprint density at radius 2 is 2.15 bits per heavy atom. The summed E-state index contributed by atoms with van der Waals surface area (Å²) in [5.74, 6) is 1.40. The summed E-state index contributed by atoms with van der Waals surface area (Å²) in [7, 11) is 5.28. The molecule has 1 atom stereocenters. The second kappa shape index (κ2) is 8.86. The van der Waals surface area contributed by atoms with Crippen LogP contribution in [0.25, 0.3) is 26.0 Å². The Bertz CT molecular complexity index is 1380. The smallest absolute Gasteiger partial charge is 0.240 e. The van der Waals surface area contributed by atoms with E-state index in [4.69, 9.17) is 10.5 Å². The number of likely N-dealkylation sites (N-methyl/N-ethyl adjacent to an activating group) is 1. The van der Waals surface area contributed by atoms with E-state index < -0.39 is 0 Å². The summed E-state index contributed by atoms with van der Waals surface area (Å²) < 4.78 is 8.62. The number of nitrogens with one attached hydrogen (secondary N) is 1. The summed E-state index contributed by atoms with van der Waals surface area (Å²) in [6, 6.07) is 8.33. The van der Waals surface area contributed by atoms with Gasteiger partial charge in [-0.05, 0) is 36.1 Å². The number of hydrogen-bond donors (Lipinski definition) is 2. The molecule has 0 radical (unpaired) electrons. The maximum Gasteiger partial charge on any atom is 0.240 e. The number of ether oxygens (including phenoxy) is 1. The van der Waals surface area contributed by atoms with Crippen molar-refractivity contribution in [2.75, 3.05) is 46.6 Å². The number of thiophene rings is 1. The zero-order chi connectivity index (χ0) is 24.0. The molecule has 1 aliphatic rings. The predicted molar refractivity (Wildman–Crippen MR) is 135 cm³/mol. The van der Waals surface area contributed by atoms with Crippen LogP contribution in [0, 0.1) is 6.92 Å². The van der Waals surface area contributed by atoms with Crippen LogP contribution in [0.5, 0.6) is 5.75 Å². The lowest BCUT2D eigenvalue weighted by Gasteiger charge is -2.33. The summed E-state index contributed by atoms with van der Waals surface area (Å²) in [6.07, 6.45) is 1.49. The highest BCUT2D eigenvalue weighted by Crippen LogP contribution is 2.42. The molecule has 0 spiro atoms. The number of rotatable bonds is 5. The number of amides is 1. The minimum absolute atomic E-state index is 0.0893. The minimum Gasteiger partial charge on any atom is -0.495 e. The van der Waals surface area contributed by atoms with E-state index in [0.29, 0.717) is 18.9 Å². The highest BCUT2D eigenvalue weighted by atomic mass is 32.1. The monoisotopic (exact) mass is 479 g/mol. The quantitative estimate of drug-likeness (QED) is 0.453. The van der Waals surface area contributed by atoms with Gasteiger partial charge in [-0.1, -0.05) is 6.07 Å². The van der Waals surface area contributed by atoms with Crippen LogP contribution in [0.15, 0.2) is 30.6 Å². The van der Waals surface area contributed by atoms with Gasteiger partial charge in [-0.15, -0.1) is 11.3 Å². The average Bonchev–Trinajstić information content (AvgIpc) is 3.40. The Hall–Kier alpha value is -3.21. The van der Waals surface area contributed by atoms with Gasteiger partial charge in [0.25, 0.3) is 0 Å². The predicted octanol–water partition coefficient (Wildman–Crippen LogP) is 2.37. The van der Waals surface area contributed by atoms with Crippen molar-refractivity contribution in [2.24, 2.45) is 0 Å². The van der Waals surface area contributed by atoms with Crippen molar-refractivity contribution < 1.29 is 9.53 Å². The van der Waals surface area contributed by atoms with Crippen molar-refractivity contribution in [3.05, 3.63) is 41.9 Å². The van der Waals surface area contributed by atoms with Gasteiger partial charge in [0.05, 0.1) is 23.5 Å². The number of piperazine rings is 1. The molecule has 1 saturated heterocycles. The maximum atomic E-state index is 12.5. The number of carbonyl (C=O) groups excluding carboxylic acids is 1. The Kier molecular flexibility index (Phi) is 5.88. The van der Waals surface area contributed by atoms with E-state index in [2.05, 4.69) is 51.5 Å². The summed E-state index contributed by atoms with van der Waals surface area (Å²) >= 11 is 1.68. The Morgan fingerprint density at radius 3 is 2.91 bits per heavy atom. The highest BCUT2D eigenvalue weighted by molar-refractivity contribution is 7.22. The number of nitrogens with zero attached hydrogens (tertiary/aromatic N) is 5. The van der Waals surface area contributed by atoms with Gasteiger partial charge < -0.3 is 20.7 Å². The van der Waals surface area contributed by atoms with Gasteiger partial charge in [0.2, 0.25) is 5.91 Å². The largest absolute Gasteiger partial charge is 0.495 e. The minimum atomic E-state index is -0.215. The molecule has 1 fully saturated rings. The number of fused-ring (bicyclic) bond motifs is 2. The van der Waals surface area contributed by atoms with Crippen LogP contribution in [0.3, 0.4) is 0 Å². The van der Waals surface area contributed by atoms with Gasteiger partial charge in [-0.3, -0.25) is 9.69 Å². The van der Waals surface area contributed by atoms with Crippen LogP contribution in [0.2, 0.25) is 0 Å². The first-order valence-electron chi connectivity index (χ1n) is 11.2. The van der Waals surface area contributed by atoms with Crippen LogP contribution in [0.4, 0.5) is 5.82 Å². The van der Waals surface area contributed by atoms with E-state index in [1.54, 1.807) is 37.4 Å². The summed E-state index contributed by atoms with van der Waals surface area (Å²) in [4.78, 5) is 21.8. The van der Waals surface area contributed by atoms with Gasteiger partial charge in [0, 0.05) is 50.7 Å². The molecule has 3 aromatic heterocycles. The number of carbonyl (C=O) groups is 1. The topological polar surface area (TPSA) is 101 Å². The molecule has 178 valence electrons. The number of anilines is 1. The van der Waals surface area contributed by atoms with E-state index in [-0.39, 0.29) is 11.9 Å². The lowest BCUT2D eigenvalue weighted by Crippen LogP contribution is -2.56. The third-order valence-electron chi connectivity index (χ3n) is 6.25. The lowest BCUT2D eigenvalue weighted by atomic mass is 10.1. The molecule has 10 heteroatoms. The number of aryl methyl sites for hydroxylation is 1. The van der Waals surface area contributed by atoms with Crippen molar-refractivity contribution >= 4 is 38.7 Å². The third kappa shape index (κ3) is 3.97. The van der Waals surface area contributed by atoms with Crippen LogP contribution in [0.1, 0.15) is 11.3 Å². The number of hydrogen-bond acceptors (Lipinski definition) is 8. The van der Waals surface area contributed by atoms with E-state index in [1.807, 2.05) is 4.52 Å². The van der Waals surface area contributed by atoms with Crippen molar-refractivity contribution in [1.29, 1.82) is 0 Å². The van der Waals surface area contributed by atoms with E-state index >= 15 is 0 Å². The second-order valence-corrected chi connectivity index (χ2v) is 9.98. The van der Waals surface area contributed by atoms with Gasteiger partial charge in [-0.25, -0.2) is 9.50 Å². The molecular weight excluding hydrogens is 450 g/mol. The summed E-state index contributed by atoms with van der Waals surface area (Å²) in [5, 5.41) is 8.99. The molecule has 0 saturated carbocycles. The molecule has 1 aliphatic heterocycles. The Morgan fingerprint density at radius 1 is 1.32 bits per heavy atom. The fourth-order valence-corrected chi connectivity index (χ4v) is 5.79. The number of nitrogen functional groups attached to an aromatic ring is 1. The average molecular weight is 480 g/mol. The van der Waals surface area contributed by atoms with Gasteiger partial charge in [0.15, 0.2) is 5.82 Å². The summed E-state index contributed by atoms with van der Waals surface area (Å²) in [6.45, 7) is 4.97. The maximum absolute atomic E-state index is 12.5. The van der Waals surface area contributed by atoms with Gasteiger partial charge >= 0.3 is 0 Å². The molecule has 4 heterocycles. The number of aromatic nitrogens is 3. The zero-order valence-electron chi connectivity index (χ0n) is 19.8. The molecule has 1 amide bonds. The first-order chi connectivity index (χ1) is 16.4. The Balaban J connectivity index is 1.54. The van der Waals surface area contributed by atoms with E-state index in [9.17, 15) is 4.79 Å². The molecule has 1 aromatic carbocycles. The molecule has 3 N–H and O–H groups in total. The van der Waals surface area contributed by atoms with Crippen molar-refractivity contribution in [1.82, 2.24) is 29.7 Å². The molecule has 1 unspecified atom stereocenters.